The second kappa shape index (κ2) is 4.81. The van der Waals surface area contributed by atoms with E-state index in [4.69, 9.17) is 16.3 Å². The molecule has 0 aliphatic carbocycles. The number of carbonyl (C=O) groups excluding carboxylic acids is 1. The number of aryl methyl sites for hydroxylation is 1. The van der Waals surface area contributed by atoms with Gasteiger partial charge in [-0.3, -0.25) is 4.79 Å². The van der Waals surface area contributed by atoms with Crippen molar-refractivity contribution in [2.24, 2.45) is 0 Å². The Hall–Kier alpha value is -0.290. The minimum absolute atomic E-state index is 0.281. The van der Waals surface area contributed by atoms with E-state index in [2.05, 4.69) is 0 Å². The summed E-state index contributed by atoms with van der Waals surface area (Å²) in [5, 5.41) is 0.471. The number of alkyl halides is 1. The predicted octanol–water partition coefficient (Wildman–Crippen LogP) is 2.99. The molecular formula is C9H8ClIO2. The Morgan fingerprint density at radius 2 is 2.31 bits per heavy atom. The molecule has 0 unspecified atom stereocenters. The average molecular weight is 311 g/mol. The molecule has 0 atom stereocenters. The molecule has 0 N–H and O–H groups in total. The maximum atomic E-state index is 11.0. The van der Waals surface area contributed by atoms with Gasteiger partial charge >= 0.3 is 5.97 Å². The van der Waals surface area contributed by atoms with Gasteiger partial charge < -0.3 is 4.74 Å². The normalized spacial score (nSPS) is 9.77. The SMILES string of the molecule is Cc1cccc(Cl)c1OC(=O)CI. The van der Waals surface area contributed by atoms with E-state index in [0.717, 1.165) is 5.56 Å². The van der Waals surface area contributed by atoms with Crippen molar-refractivity contribution in [3.63, 3.8) is 0 Å². The number of halogens is 2. The summed E-state index contributed by atoms with van der Waals surface area (Å²) >= 11 is 7.80. The zero-order chi connectivity index (χ0) is 9.84. The molecule has 0 saturated carbocycles. The van der Waals surface area contributed by atoms with Crippen molar-refractivity contribution < 1.29 is 9.53 Å². The summed E-state index contributed by atoms with van der Waals surface area (Å²) < 4.78 is 5.37. The molecule has 1 aromatic rings. The molecule has 0 aromatic heterocycles. The second-order valence-electron chi connectivity index (χ2n) is 2.49. The smallest absolute Gasteiger partial charge is 0.321 e. The zero-order valence-electron chi connectivity index (χ0n) is 7.01. The van der Waals surface area contributed by atoms with Crippen LogP contribution in [0.3, 0.4) is 0 Å². The molecule has 0 saturated heterocycles. The van der Waals surface area contributed by atoms with Gasteiger partial charge in [0.25, 0.3) is 0 Å². The lowest BCUT2D eigenvalue weighted by Gasteiger charge is -2.07. The summed E-state index contributed by atoms with van der Waals surface area (Å²) in [4.78, 5) is 11.0. The first-order chi connectivity index (χ1) is 6.15. The first-order valence-corrected chi connectivity index (χ1v) is 5.57. The Labute approximate surface area is 95.4 Å². The predicted molar refractivity (Wildman–Crippen MR) is 60.7 cm³/mol. The minimum atomic E-state index is -0.281. The molecule has 0 amide bonds. The summed E-state index contributed by atoms with van der Waals surface area (Å²) in [5.74, 6) is 0.183. The Bertz CT molecular complexity index is 305. The van der Waals surface area contributed by atoms with E-state index in [0.29, 0.717) is 15.2 Å². The van der Waals surface area contributed by atoms with Crippen LogP contribution >= 0.6 is 34.2 Å². The summed E-state index contributed by atoms with van der Waals surface area (Å²) in [6, 6.07) is 5.37. The first kappa shape index (κ1) is 10.8. The van der Waals surface area contributed by atoms with E-state index in [1.54, 1.807) is 6.07 Å². The van der Waals surface area contributed by atoms with Crippen molar-refractivity contribution in [2.75, 3.05) is 4.43 Å². The van der Waals surface area contributed by atoms with Crippen LogP contribution in [-0.2, 0) is 4.79 Å². The second-order valence-corrected chi connectivity index (χ2v) is 3.66. The van der Waals surface area contributed by atoms with E-state index in [9.17, 15) is 4.79 Å². The van der Waals surface area contributed by atoms with Crippen LogP contribution in [0.15, 0.2) is 18.2 Å². The fourth-order valence-electron chi connectivity index (χ4n) is 0.887. The highest BCUT2D eigenvalue weighted by molar-refractivity contribution is 14.1. The molecule has 70 valence electrons. The van der Waals surface area contributed by atoms with Gasteiger partial charge in [-0.05, 0) is 18.6 Å². The Kier molecular flexibility index (Phi) is 3.99. The molecule has 2 nitrogen and oxygen atoms in total. The maximum Gasteiger partial charge on any atom is 0.321 e. The number of esters is 1. The van der Waals surface area contributed by atoms with E-state index >= 15 is 0 Å². The molecular weight excluding hydrogens is 302 g/mol. The lowest BCUT2D eigenvalue weighted by atomic mass is 10.2. The average Bonchev–Trinajstić information content (AvgIpc) is 2.11. The number of benzene rings is 1. The molecule has 0 aliphatic rings. The Balaban J connectivity index is 2.93. The van der Waals surface area contributed by atoms with Gasteiger partial charge in [0.1, 0.15) is 0 Å². The summed E-state index contributed by atoms with van der Waals surface area (Å²) in [5.41, 5.74) is 0.866. The largest absolute Gasteiger partial charge is 0.424 e. The molecule has 0 radical (unpaired) electrons. The number of ether oxygens (including phenoxy) is 1. The first-order valence-electron chi connectivity index (χ1n) is 3.67. The highest BCUT2D eigenvalue weighted by Gasteiger charge is 2.08. The standard InChI is InChI=1S/C9H8ClIO2/c1-6-3-2-4-7(10)9(6)13-8(12)5-11/h2-4H,5H2,1H3. The molecule has 1 rings (SSSR count). The van der Waals surface area contributed by atoms with Gasteiger partial charge in [0.15, 0.2) is 5.75 Å². The van der Waals surface area contributed by atoms with E-state index in [-0.39, 0.29) is 5.97 Å². The van der Waals surface area contributed by atoms with Crippen LogP contribution in [0.25, 0.3) is 0 Å². The Morgan fingerprint density at radius 1 is 1.62 bits per heavy atom. The summed E-state index contributed by atoms with van der Waals surface area (Å²) in [7, 11) is 0. The molecule has 13 heavy (non-hydrogen) atoms. The number of hydrogen-bond donors (Lipinski definition) is 0. The molecule has 0 aliphatic heterocycles. The molecule has 0 fully saturated rings. The third-order valence-electron chi connectivity index (χ3n) is 1.49. The van der Waals surface area contributed by atoms with Crippen molar-refractivity contribution >= 4 is 40.2 Å². The van der Waals surface area contributed by atoms with Crippen LogP contribution in [-0.4, -0.2) is 10.4 Å². The summed E-state index contributed by atoms with van der Waals surface area (Å²) in [6.45, 7) is 1.85. The van der Waals surface area contributed by atoms with Crippen LogP contribution in [0, 0.1) is 6.92 Å². The van der Waals surface area contributed by atoms with Crippen molar-refractivity contribution in [3.05, 3.63) is 28.8 Å². The van der Waals surface area contributed by atoms with Crippen LogP contribution in [0.2, 0.25) is 5.02 Å². The fourth-order valence-corrected chi connectivity index (χ4v) is 1.30. The van der Waals surface area contributed by atoms with Crippen molar-refractivity contribution in [3.8, 4) is 5.75 Å². The number of para-hydroxylation sites is 1. The number of rotatable bonds is 2. The third kappa shape index (κ3) is 2.84. The lowest BCUT2D eigenvalue weighted by molar-refractivity contribution is -0.131. The molecule has 4 heteroatoms. The van der Waals surface area contributed by atoms with Gasteiger partial charge in [-0.2, -0.15) is 0 Å². The molecule has 0 bridgehead atoms. The van der Waals surface area contributed by atoms with Crippen molar-refractivity contribution in [1.82, 2.24) is 0 Å². The van der Waals surface area contributed by atoms with Crippen LogP contribution in [0.1, 0.15) is 5.56 Å². The van der Waals surface area contributed by atoms with Crippen LogP contribution < -0.4 is 4.74 Å². The van der Waals surface area contributed by atoms with Crippen LogP contribution in [0.4, 0.5) is 0 Å². The van der Waals surface area contributed by atoms with Crippen molar-refractivity contribution in [1.29, 1.82) is 0 Å². The monoisotopic (exact) mass is 310 g/mol. The highest BCUT2D eigenvalue weighted by Crippen LogP contribution is 2.27. The summed E-state index contributed by atoms with van der Waals surface area (Å²) in [6.07, 6.45) is 0. The topological polar surface area (TPSA) is 26.3 Å². The molecule has 0 heterocycles. The highest BCUT2D eigenvalue weighted by atomic mass is 127. The van der Waals surface area contributed by atoms with E-state index in [1.807, 2.05) is 41.6 Å². The fraction of sp³-hybridized carbons (Fsp3) is 0.222. The molecule has 1 aromatic carbocycles. The van der Waals surface area contributed by atoms with Crippen molar-refractivity contribution in [2.45, 2.75) is 6.92 Å². The van der Waals surface area contributed by atoms with Gasteiger partial charge in [0.2, 0.25) is 0 Å². The third-order valence-corrected chi connectivity index (χ3v) is 2.41. The van der Waals surface area contributed by atoms with Gasteiger partial charge in [-0.1, -0.05) is 46.3 Å². The minimum Gasteiger partial charge on any atom is -0.424 e. The zero-order valence-corrected chi connectivity index (χ0v) is 9.93. The maximum absolute atomic E-state index is 11.0. The van der Waals surface area contributed by atoms with Gasteiger partial charge in [-0.15, -0.1) is 0 Å². The van der Waals surface area contributed by atoms with Gasteiger partial charge in [0.05, 0.1) is 9.45 Å². The Morgan fingerprint density at radius 3 is 2.85 bits per heavy atom. The van der Waals surface area contributed by atoms with Crippen LogP contribution in [0.5, 0.6) is 5.75 Å². The van der Waals surface area contributed by atoms with E-state index in [1.165, 1.54) is 0 Å². The number of carbonyl (C=O) groups is 1. The van der Waals surface area contributed by atoms with Gasteiger partial charge in [-0.25, -0.2) is 0 Å². The quantitative estimate of drug-likeness (QED) is 0.363. The van der Waals surface area contributed by atoms with Gasteiger partial charge in [0, 0.05) is 0 Å². The lowest BCUT2D eigenvalue weighted by Crippen LogP contribution is -2.09. The number of hydrogen-bond acceptors (Lipinski definition) is 2. The van der Waals surface area contributed by atoms with E-state index < -0.39 is 0 Å². The molecule has 0 spiro atoms.